The molecule has 3 heteroatoms. The molecular formula is C16H18N2O. The summed E-state index contributed by atoms with van der Waals surface area (Å²) in [5, 5.41) is 6.10. The molecule has 0 atom stereocenters. The number of carbonyl (C=O) groups excluding carboxylic acids is 1. The first-order valence-electron chi connectivity index (χ1n) is 6.26. The highest BCUT2D eigenvalue weighted by molar-refractivity contribution is 5.88. The minimum atomic E-state index is -0.0602. The molecule has 2 N–H and O–H groups in total. The number of anilines is 3. The van der Waals surface area contributed by atoms with Crippen LogP contribution < -0.4 is 10.6 Å². The van der Waals surface area contributed by atoms with Gasteiger partial charge in [-0.1, -0.05) is 6.07 Å². The van der Waals surface area contributed by atoms with Crippen molar-refractivity contribution in [3.8, 4) is 0 Å². The third-order valence-electron chi connectivity index (χ3n) is 2.72. The van der Waals surface area contributed by atoms with Gasteiger partial charge in [-0.25, -0.2) is 0 Å². The summed E-state index contributed by atoms with van der Waals surface area (Å²) in [7, 11) is 0. The molecule has 0 aliphatic rings. The summed E-state index contributed by atoms with van der Waals surface area (Å²) in [5.74, 6) is -0.0602. The number of benzene rings is 2. The van der Waals surface area contributed by atoms with Crippen molar-refractivity contribution in [2.24, 2.45) is 0 Å². The molecule has 0 bridgehead atoms. The Morgan fingerprint density at radius 3 is 1.89 bits per heavy atom. The molecule has 98 valence electrons. The Morgan fingerprint density at radius 2 is 1.37 bits per heavy atom. The van der Waals surface area contributed by atoms with Gasteiger partial charge in [0.1, 0.15) is 0 Å². The molecule has 0 radical (unpaired) electrons. The summed E-state index contributed by atoms with van der Waals surface area (Å²) in [4.78, 5) is 10.9. The Kier molecular flexibility index (Phi) is 3.85. The van der Waals surface area contributed by atoms with Crippen molar-refractivity contribution in [3.63, 3.8) is 0 Å². The summed E-state index contributed by atoms with van der Waals surface area (Å²) in [5.41, 5.74) is 5.34. The summed E-state index contributed by atoms with van der Waals surface area (Å²) in [6.07, 6.45) is 0. The van der Waals surface area contributed by atoms with E-state index in [1.54, 1.807) is 0 Å². The second kappa shape index (κ2) is 5.57. The van der Waals surface area contributed by atoms with Crippen molar-refractivity contribution in [1.29, 1.82) is 0 Å². The molecule has 0 fully saturated rings. The highest BCUT2D eigenvalue weighted by Gasteiger charge is 1.99. The molecule has 2 rings (SSSR count). The first-order valence-corrected chi connectivity index (χ1v) is 6.26. The Balaban J connectivity index is 2.12. The fraction of sp³-hybridized carbons (Fsp3) is 0.188. The van der Waals surface area contributed by atoms with E-state index in [1.165, 1.54) is 18.1 Å². The topological polar surface area (TPSA) is 41.1 Å². The molecule has 2 aromatic rings. The lowest BCUT2D eigenvalue weighted by Crippen LogP contribution is -2.05. The molecule has 0 heterocycles. The van der Waals surface area contributed by atoms with Gasteiger partial charge in [-0.3, -0.25) is 4.79 Å². The van der Waals surface area contributed by atoms with Crippen molar-refractivity contribution in [2.45, 2.75) is 20.8 Å². The summed E-state index contributed by atoms with van der Waals surface area (Å²) in [6.45, 7) is 5.66. The minimum absolute atomic E-state index is 0.0602. The monoisotopic (exact) mass is 254 g/mol. The molecule has 1 amide bonds. The van der Waals surface area contributed by atoms with E-state index >= 15 is 0 Å². The van der Waals surface area contributed by atoms with Crippen molar-refractivity contribution >= 4 is 23.0 Å². The molecule has 0 unspecified atom stereocenters. The van der Waals surface area contributed by atoms with Crippen LogP contribution in [-0.2, 0) is 4.79 Å². The van der Waals surface area contributed by atoms with Crippen LogP contribution in [0, 0.1) is 13.8 Å². The lowest BCUT2D eigenvalue weighted by Gasteiger charge is -2.09. The van der Waals surface area contributed by atoms with Crippen LogP contribution in [-0.4, -0.2) is 5.91 Å². The molecule has 0 saturated carbocycles. The molecule has 19 heavy (non-hydrogen) atoms. The number of nitrogens with one attached hydrogen (secondary N) is 2. The Morgan fingerprint density at radius 1 is 0.842 bits per heavy atom. The van der Waals surface area contributed by atoms with Gasteiger partial charge in [0.05, 0.1) is 0 Å². The van der Waals surface area contributed by atoms with E-state index < -0.39 is 0 Å². The maximum Gasteiger partial charge on any atom is 0.221 e. The fourth-order valence-electron chi connectivity index (χ4n) is 2.05. The zero-order chi connectivity index (χ0) is 13.8. The lowest BCUT2D eigenvalue weighted by atomic mass is 10.1. The van der Waals surface area contributed by atoms with Gasteiger partial charge in [-0.2, -0.15) is 0 Å². The first kappa shape index (κ1) is 13.1. The van der Waals surface area contributed by atoms with Crippen LogP contribution >= 0.6 is 0 Å². The van der Waals surface area contributed by atoms with E-state index in [0.717, 1.165) is 17.1 Å². The molecule has 0 aromatic heterocycles. The maximum absolute atomic E-state index is 10.9. The SMILES string of the molecule is CC(=O)Nc1ccc(Nc2cc(C)cc(C)c2)cc1. The Labute approximate surface area is 113 Å². The van der Waals surface area contributed by atoms with Crippen LogP contribution in [0.4, 0.5) is 17.1 Å². The van der Waals surface area contributed by atoms with Crippen LogP contribution in [0.15, 0.2) is 42.5 Å². The number of amides is 1. The van der Waals surface area contributed by atoms with Gasteiger partial charge in [-0.05, 0) is 61.4 Å². The summed E-state index contributed by atoms with van der Waals surface area (Å²) in [6, 6.07) is 14.0. The van der Waals surface area contributed by atoms with Crippen LogP contribution in [0.25, 0.3) is 0 Å². The highest BCUT2D eigenvalue weighted by Crippen LogP contribution is 2.21. The van der Waals surface area contributed by atoms with Crippen LogP contribution in [0.1, 0.15) is 18.1 Å². The second-order valence-corrected chi connectivity index (χ2v) is 4.76. The van der Waals surface area contributed by atoms with Crippen molar-refractivity contribution < 1.29 is 4.79 Å². The second-order valence-electron chi connectivity index (χ2n) is 4.76. The van der Waals surface area contributed by atoms with Gasteiger partial charge in [0.2, 0.25) is 5.91 Å². The largest absolute Gasteiger partial charge is 0.356 e. The van der Waals surface area contributed by atoms with Gasteiger partial charge >= 0.3 is 0 Å². The average Bonchev–Trinajstić information content (AvgIpc) is 2.29. The van der Waals surface area contributed by atoms with Crippen molar-refractivity contribution in [3.05, 3.63) is 53.6 Å². The Hall–Kier alpha value is -2.29. The van der Waals surface area contributed by atoms with Crippen molar-refractivity contribution in [1.82, 2.24) is 0 Å². The van der Waals surface area contributed by atoms with E-state index in [4.69, 9.17) is 0 Å². The Bertz CT molecular complexity index is 568. The number of aryl methyl sites for hydroxylation is 2. The van der Waals surface area contributed by atoms with Crippen molar-refractivity contribution in [2.75, 3.05) is 10.6 Å². The summed E-state index contributed by atoms with van der Waals surface area (Å²) < 4.78 is 0. The van der Waals surface area contributed by atoms with E-state index in [2.05, 4.69) is 42.7 Å². The molecule has 0 saturated heterocycles. The number of hydrogen-bond acceptors (Lipinski definition) is 2. The smallest absolute Gasteiger partial charge is 0.221 e. The van der Waals surface area contributed by atoms with E-state index in [9.17, 15) is 4.79 Å². The first-order chi connectivity index (χ1) is 9.02. The molecule has 0 spiro atoms. The fourth-order valence-corrected chi connectivity index (χ4v) is 2.05. The van der Waals surface area contributed by atoms with Gasteiger partial charge in [0, 0.05) is 24.0 Å². The number of hydrogen-bond donors (Lipinski definition) is 2. The average molecular weight is 254 g/mol. The quantitative estimate of drug-likeness (QED) is 0.869. The third kappa shape index (κ3) is 3.85. The van der Waals surface area contributed by atoms with Crippen LogP contribution in [0.5, 0.6) is 0 Å². The normalized spacial score (nSPS) is 10.1. The zero-order valence-electron chi connectivity index (χ0n) is 11.4. The van der Waals surface area contributed by atoms with E-state index in [1.807, 2.05) is 24.3 Å². The van der Waals surface area contributed by atoms with Gasteiger partial charge in [0.15, 0.2) is 0 Å². The highest BCUT2D eigenvalue weighted by atomic mass is 16.1. The number of carbonyl (C=O) groups is 1. The molecule has 0 aliphatic heterocycles. The lowest BCUT2D eigenvalue weighted by molar-refractivity contribution is -0.114. The van der Waals surface area contributed by atoms with Gasteiger partial charge < -0.3 is 10.6 Å². The van der Waals surface area contributed by atoms with Gasteiger partial charge in [-0.15, -0.1) is 0 Å². The molecule has 0 aliphatic carbocycles. The zero-order valence-corrected chi connectivity index (χ0v) is 11.4. The molecular weight excluding hydrogens is 236 g/mol. The molecule has 2 aromatic carbocycles. The summed E-state index contributed by atoms with van der Waals surface area (Å²) >= 11 is 0. The predicted octanol–water partition coefficient (Wildman–Crippen LogP) is 4.01. The third-order valence-corrected chi connectivity index (χ3v) is 2.72. The molecule has 3 nitrogen and oxygen atoms in total. The van der Waals surface area contributed by atoms with E-state index in [-0.39, 0.29) is 5.91 Å². The predicted molar refractivity (Wildman–Crippen MR) is 79.9 cm³/mol. The van der Waals surface area contributed by atoms with Gasteiger partial charge in [0.25, 0.3) is 0 Å². The van der Waals surface area contributed by atoms with Crippen LogP contribution in [0.3, 0.4) is 0 Å². The van der Waals surface area contributed by atoms with Crippen LogP contribution in [0.2, 0.25) is 0 Å². The minimum Gasteiger partial charge on any atom is -0.356 e. The van der Waals surface area contributed by atoms with E-state index in [0.29, 0.717) is 0 Å². The maximum atomic E-state index is 10.9. The standard InChI is InChI=1S/C16H18N2O/c1-11-8-12(2)10-16(9-11)18-15-6-4-14(5-7-15)17-13(3)19/h4-10,18H,1-3H3,(H,17,19). The number of rotatable bonds is 3.